The maximum atomic E-state index is 13.5. The van der Waals surface area contributed by atoms with Crippen LogP contribution in [0.2, 0.25) is 0 Å². The highest BCUT2D eigenvalue weighted by Crippen LogP contribution is 2.19. The van der Waals surface area contributed by atoms with Crippen molar-refractivity contribution in [3.8, 4) is 0 Å². The molecule has 5 heteroatoms. The summed E-state index contributed by atoms with van der Waals surface area (Å²) in [5.41, 5.74) is 3.19. The highest BCUT2D eigenvalue weighted by atomic mass is 32.2. The van der Waals surface area contributed by atoms with Crippen molar-refractivity contribution in [2.24, 2.45) is 0 Å². The quantitative estimate of drug-likeness (QED) is 0.827. The van der Waals surface area contributed by atoms with Gasteiger partial charge in [0.15, 0.2) is 9.84 Å². The van der Waals surface area contributed by atoms with Crippen molar-refractivity contribution < 1.29 is 12.8 Å². The lowest BCUT2D eigenvalue weighted by Gasteiger charge is -2.09. The van der Waals surface area contributed by atoms with Crippen LogP contribution in [0.3, 0.4) is 0 Å². The summed E-state index contributed by atoms with van der Waals surface area (Å²) in [5, 5.41) is 3.14. The second-order valence-corrected chi connectivity index (χ2v) is 7.36. The third-order valence-electron chi connectivity index (χ3n) is 3.54. The number of hydrogen-bond donors (Lipinski definition) is 1. The molecule has 2 aromatic rings. The lowest BCUT2D eigenvalue weighted by atomic mass is 10.0. The van der Waals surface area contributed by atoms with Crippen LogP contribution in [0, 0.1) is 12.7 Å². The van der Waals surface area contributed by atoms with Crippen LogP contribution in [0.1, 0.15) is 17.5 Å². The molecule has 0 fully saturated rings. The Morgan fingerprint density at radius 1 is 1.14 bits per heavy atom. The Morgan fingerprint density at radius 2 is 1.86 bits per heavy atom. The first-order valence-corrected chi connectivity index (χ1v) is 9.05. The van der Waals surface area contributed by atoms with Crippen LogP contribution in [0.15, 0.2) is 47.4 Å². The van der Waals surface area contributed by atoms with E-state index in [1.54, 1.807) is 6.07 Å². The second kappa shape index (κ2) is 6.92. The third kappa shape index (κ3) is 4.31. The fourth-order valence-electron chi connectivity index (χ4n) is 2.30. The predicted molar refractivity (Wildman–Crippen MR) is 87.5 cm³/mol. The SMILES string of the molecule is Cc1ccccc1CCCNc1ccc(F)c(S(C)(=O)=O)c1. The molecule has 1 N–H and O–H groups in total. The van der Waals surface area contributed by atoms with Gasteiger partial charge in [0.1, 0.15) is 10.7 Å². The van der Waals surface area contributed by atoms with Crippen molar-refractivity contribution in [2.45, 2.75) is 24.7 Å². The first kappa shape index (κ1) is 16.5. The van der Waals surface area contributed by atoms with E-state index < -0.39 is 15.7 Å². The highest BCUT2D eigenvalue weighted by Gasteiger charge is 2.13. The number of anilines is 1. The van der Waals surface area contributed by atoms with Gasteiger partial charge in [-0.25, -0.2) is 12.8 Å². The van der Waals surface area contributed by atoms with Crippen LogP contribution in [0.25, 0.3) is 0 Å². The Hall–Kier alpha value is -1.88. The topological polar surface area (TPSA) is 46.2 Å². The molecule has 0 saturated carbocycles. The average Bonchev–Trinajstić information content (AvgIpc) is 2.45. The van der Waals surface area contributed by atoms with E-state index in [-0.39, 0.29) is 4.90 Å². The summed E-state index contributed by atoms with van der Waals surface area (Å²) in [6.07, 6.45) is 2.86. The molecule has 0 amide bonds. The van der Waals surface area contributed by atoms with E-state index in [1.165, 1.54) is 23.3 Å². The molecule has 0 aliphatic carbocycles. The van der Waals surface area contributed by atoms with E-state index in [0.29, 0.717) is 12.2 Å². The summed E-state index contributed by atoms with van der Waals surface area (Å²) in [5.74, 6) is -0.715. The molecule has 0 aromatic heterocycles. The number of aryl methyl sites for hydroxylation is 2. The smallest absolute Gasteiger partial charge is 0.178 e. The molecular weight excluding hydrogens is 301 g/mol. The zero-order valence-electron chi connectivity index (χ0n) is 12.8. The van der Waals surface area contributed by atoms with E-state index in [0.717, 1.165) is 19.1 Å². The molecule has 0 radical (unpaired) electrons. The third-order valence-corrected chi connectivity index (χ3v) is 4.66. The molecular formula is C17H20FNO2S. The number of nitrogens with one attached hydrogen (secondary N) is 1. The molecule has 0 aliphatic heterocycles. The first-order valence-electron chi connectivity index (χ1n) is 7.16. The largest absolute Gasteiger partial charge is 0.385 e. The molecule has 0 spiro atoms. The van der Waals surface area contributed by atoms with E-state index in [2.05, 4.69) is 24.4 Å². The fourth-order valence-corrected chi connectivity index (χ4v) is 3.06. The minimum absolute atomic E-state index is 0.267. The standard InChI is InChI=1S/C17H20FNO2S/c1-13-6-3-4-7-14(13)8-5-11-19-15-9-10-16(18)17(12-15)22(2,20)21/h3-4,6-7,9-10,12,19H,5,8,11H2,1-2H3. The Labute approximate surface area is 131 Å². The van der Waals surface area contributed by atoms with Gasteiger partial charge in [-0.05, 0) is 49.1 Å². The van der Waals surface area contributed by atoms with Gasteiger partial charge in [0.05, 0.1) is 0 Å². The van der Waals surface area contributed by atoms with Crippen molar-refractivity contribution in [1.29, 1.82) is 0 Å². The number of sulfone groups is 1. The minimum atomic E-state index is -3.55. The lowest BCUT2D eigenvalue weighted by molar-refractivity contribution is 0.571. The Kier molecular flexibility index (Phi) is 5.19. The molecule has 3 nitrogen and oxygen atoms in total. The van der Waals surface area contributed by atoms with Gasteiger partial charge in [-0.1, -0.05) is 24.3 Å². The predicted octanol–water partition coefficient (Wildman–Crippen LogP) is 3.58. The van der Waals surface area contributed by atoms with E-state index in [4.69, 9.17) is 0 Å². The van der Waals surface area contributed by atoms with Crippen molar-refractivity contribution in [3.63, 3.8) is 0 Å². The molecule has 22 heavy (non-hydrogen) atoms. The molecule has 0 heterocycles. The summed E-state index contributed by atoms with van der Waals surface area (Å²) in [7, 11) is -3.55. The lowest BCUT2D eigenvalue weighted by Crippen LogP contribution is -2.06. The van der Waals surface area contributed by atoms with Gasteiger partial charge in [-0.2, -0.15) is 0 Å². The van der Waals surface area contributed by atoms with Gasteiger partial charge < -0.3 is 5.32 Å². The van der Waals surface area contributed by atoms with Crippen molar-refractivity contribution in [3.05, 3.63) is 59.4 Å². The Morgan fingerprint density at radius 3 is 2.55 bits per heavy atom. The molecule has 0 bridgehead atoms. The van der Waals surface area contributed by atoms with Gasteiger partial charge in [0.2, 0.25) is 0 Å². The zero-order chi connectivity index (χ0) is 16.2. The van der Waals surface area contributed by atoms with Gasteiger partial charge >= 0.3 is 0 Å². The molecule has 0 atom stereocenters. The molecule has 2 rings (SSSR count). The first-order chi connectivity index (χ1) is 10.4. The van der Waals surface area contributed by atoms with Gasteiger partial charge in [0, 0.05) is 18.5 Å². The maximum Gasteiger partial charge on any atom is 0.178 e. The van der Waals surface area contributed by atoms with Gasteiger partial charge in [0.25, 0.3) is 0 Å². The van der Waals surface area contributed by atoms with Crippen molar-refractivity contribution in [2.75, 3.05) is 18.1 Å². The highest BCUT2D eigenvalue weighted by molar-refractivity contribution is 7.90. The fraction of sp³-hybridized carbons (Fsp3) is 0.294. The zero-order valence-corrected chi connectivity index (χ0v) is 13.6. The van der Waals surface area contributed by atoms with Crippen LogP contribution >= 0.6 is 0 Å². The van der Waals surface area contributed by atoms with Crippen LogP contribution in [0.5, 0.6) is 0 Å². The molecule has 118 valence electrons. The molecule has 2 aromatic carbocycles. The number of halogens is 1. The monoisotopic (exact) mass is 321 g/mol. The summed E-state index contributed by atoms with van der Waals surface area (Å²) in [6, 6.07) is 12.3. The van der Waals surface area contributed by atoms with Gasteiger partial charge in [-0.15, -0.1) is 0 Å². The van der Waals surface area contributed by atoms with Crippen molar-refractivity contribution >= 4 is 15.5 Å². The normalized spacial score (nSPS) is 11.4. The Balaban J connectivity index is 1.94. The van der Waals surface area contributed by atoms with Crippen LogP contribution in [-0.4, -0.2) is 21.2 Å². The maximum absolute atomic E-state index is 13.5. The average molecular weight is 321 g/mol. The van der Waals surface area contributed by atoms with Gasteiger partial charge in [-0.3, -0.25) is 0 Å². The van der Waals surface area contributed by atoms with E-state index in [9.17, 15) is 12.8 Å². The molecule has 0 saturated heterocycles. The van der Waals surface area contributed by atoms with Crippen LogP contribution in [0.4, 0.5) is 10.1 Å². The summed E-state index contributed by atoms with van der Waals surface area (Å²) >= 11 is 0. The summed E-state index contributed by atoms with van der Waals surface area (Å²) in [6.45, 7) is 2.78. The van der Waals surface area contributed by atoms with Crippen molar-refractivity contribution in [1.82, 2.24) is 0 Å². The molecule has 0 aliphatic rings. The van der Waals surface area contributed by atoms with E-state index in [1.807, 2.05) is 12.1 Å². The Bertz CT molecular complexity index is 757. The number of rotatable bonds is 6. The molecule has 0 unspecified atom stereocenters. The summed E-state index contributed by atoms with van der Waals surface area (Å²) < 4.78 is 36.5. The summed E-state index contributed by atoms with van der Waals surface area (Å²) in [4.78, 5) is -0.267. The number of benzene rings is 2. The minimum Gasteiger partial charge on any atom is -0.385 e. The van der Waals surface area contributed by atoms with Crippen LogP contribution < -0.4 is 5.32 Å². The second-order valence-electron chi connectivity index (χ2n) is 5.37. The van der Waals surface area contributed by atoms with E-state index >= 15 is 0 Å². The van der Waals surface area contributed by atoms with Crippen LogP contribution in [-0.2, 0) is 16.3 Å². The number of hydrogen-bond acceptors (Lipinski definition) is 3.